The highest BCUT2D eigenvalue weighted by Gasteiger charge is 2.39. The topological polar surface area (TPSA) is 32.3 Å². The summed E-state index contributed by atoms with van der Waals surface area (Å²) in [6.45, 7) is 7.02. The van der Waals surface area contributed by atoms with Gasteiger partial charge in [0, 0.05) is 25.2 Å². The van der Waals surface area contributed by atoms with Crippen molar-refractivity contribution in [3.8, 4) is 0 Å². The number of carbonyl (C=O) groups is 1. The average molecular weight is 331 g/mol. The monoisotopic (exact) mass is 330 g/mol. The second kappa shape index (κ2) is 7.48. The van der Waals surface area contributed by atoms with Gasteiger partial charge in [0.25, 0.3) is 5.91 Å². The lowest BCUT2D eigenvalue weighted by Crippen LogP contribution is -2.44. The molecule has 21 heavy (non-hydrogen) atoms. The Bertz CT molecular complexity index is 519. The van der Waals surface area contributed by atoms with Gasteiger partial charge in [0.2, 0.25) is 0 Å². The van der Waals surface area contributed by atoms with E-state index in [1.807, 2.05) is 0 Å². The molecule has 1 aromatic rings. The first kappa shape index (κ1) is 18.3. The zero-order valence-corrected chi connectivity index (χ0v) is 14.3. The Kier molecular flexibility index (Phi) is 6.51. The lowest BCUT2D eigenvalue weighted by Gasteiger charge is -2.30. The van der Waals surface area contributed by atoms with Gasteiger partial charge in [0.15, 0.2) is 0 Å². The average Bonchev–Trinajstić information content (AvgIpc) is 2.73. The van der Waals surface area contributed by atoms with Crippen molar-refractivity contribution in [2.24, 2.45) is 0 Å². The van der Waals surface area contributed by atoms with E-state index in [1.54, 1.807) is 0 Å². The number of fused-ring (bicyclic) bond motifs is 3. The van der Waals surface area contributed by atoms with Crippen LogP contribution >= 0.6 is 24.8 Å². The smallest absolute Gasteiger partial charge is 0.255 e. The van der Waals surface area contributed by atoms with Crippen LogP contribution in [0.25, 0.3) is 0 Å². The molecule has 118 valence electrons. The van der Waals surface area contributed by atoms with Crippen LogP contribution < -0.4 is 5.32 Å². The van der Waals surface area contributed by atoms with Crippen LogP contribution in [0.1, 0.15) is 53.4 Å². The third-order valence-corrected chi connectivity index (χ3v) is 4.32. The summed E-state index contributed by atoms with van der Waals surface area (Å²) in [6, 6.07) is 4.76. The minimum absolute atomic E-state index is 0. The van der Waals surface area contributed by atoms with Crippen molar-refractivity contribution in [3.63, 3.8) is 0 Å². The van der Waals surface area contributed by atoms with Crippen LogP contribution in [0.5, 0.6) is 0 Å². The molecule has 0 unspecified atom stereocenters. The number of halogens is 2. The molecule has 0 spiro atoms. The van der Waals surface area contributed by atoms with Crippen LogP contribution in [0.4, 0.5) is 0 Å². The molecule has 1 atom stereocenters. The van der Waals surface area contributed by atoms with E-state index in [0.29, 0.717) is 0 Å². The van der Waals surface area contributed by atoms with Crippen LogP contribution in [0.15, 0.2) is 12.1 Å². The van der Waals surface area contributed by atoms with Crippen LogP contribution in [0.2, 0.25) is 0 Å². The third-order valence-electron chi connectivity index (χ3n) is 4.32. The summed E-state index contributed by atoms with van der Waals surface area (Å²) >= 11 is 0. The quantitative estimate of drug-likeness (QED) is 0.923. The van der Waals surface area contributed by atoms with E-state index in [1.165, 1.54) is 16.7 Å². The van der Waals surface area contributed by atoms with Crippen LogP contribution in [0, 0.1) is 0 Å². The Morgan fingerprint density at radius 2 is 2.05 bits per heavy atom. The van der Waals surface area contributed by atoms with Crippen molar-refractivity contribution in [1.82, 2.24) is 10.2 Å². The molecular formula is C16H24Cl2N2O. The fraction of sp³-hybridized carbons (Fsp3) is 0.562. The van der Waals surface area contributed by atoms with Gasteiger partial charge in [-0.05, 0) is 29.5 Å². The third kappa shape index (κ3) is 3.05. The van der Waals surface area contributed by atoms with E-state index in [-0.39, 0.29) is 36.8 Å². The molecule has 1 amide bonds. The SMILES string of the molecule is CCCc1cc(CC)cc2c1C(=O)N1CCNC[C@H]21.Cl.Cl. The highest BCUT2D eigenvalue weighted by Crippen LogP contribution is 2.37. The standard InChI is InChI=1S/C16H22N2O.2ClH/c1-3-5-12-8-11(4-2)9-13-14-10-17-6-7-18(14)16(19)15(12)13;;/h8-9,14,17H,3-7,10H2,1-2H3;2*1H/t14-;;/m1../s1. The minimum Gasteiger partial charge on any atom is -0.329 e. The maximum Gasteiger partial charge on any atom is 0.255 e. The maximum absolute atomic E-state index is 12.6. The number of hydrogen-bond acceptors (Lipinski definition) is 2. The van der Waals surface area contributed by atoms with Crippen molar-refractivity contribution < 1.29 is 4.79 Å². The summed E-state index contributed by atoms with van der Waals surface area (Å²) in [5.41, 5.74) is 4.89. The molecule has 2 aliphatic heterocycles. The molecule has 0 aromatic heterocycles. The van der Waals surface area contributed by atoms with Gasteiger partial charge in [-0.2, -0.15) is 0 Å². The minimum atomic E-state index is 0. The first-order chi connectivity index (χ1) is 9.26. The number of amides is 1. The lowest BCUT2D eigenvalue weighted by atomic mass is 9.93. The molecule has 1 N–H and O–H groups in total. The fourth-order valence-corrected chi connectivity index (χ4v) is 3.36. The molecule has 5 heteroatoms. The Balaban J connectivity index is 0.00000110. The second-order valence-corrected chi connectivity index (χ2v) is 5.54. The van der Waals surface area contributed by atoms with E-state index in [9.17, 15) is 4.79 Å². The van der Waals surface area contributed by atoms with Crippen LogP contribution in [0.3, 0.4) is 0 Å². The zero-order valence-electron chi connectivity index (χ0n) is 12.6. The lowest BCUT2D eigenvalue weighted by molar-refractivity contribution is 0.0690. The van der Waals surface area contributed by atoms with Gasteiger partial charge in [-0.1, -0.05) is 32.4 Å². The van der Waals surface area contributed by atoms with E-state index >= 15 is 0 Å². The summed E-state index contributed by atoms with van der Waals surface area (Å²) in [4.78, 5) is 14.7. The largest absolute Gasteiger partial charge is 0.329 e. The van der Waals surface area contributed by atoms with Crippen LogP contribution in [-0.2, 0) is 12.8 Å². The highest BCUT2D eigenvalue weighted by atomic mass is 35.5. The number of carbonyl (C=O) groups excluding carboxylic acids is 1. The molecule has 0 aliphatic carbocycles. The molecule has 2 heterocycles. The Hall–Kier alpha value is -0.770. The molecule has 2 aliphatic rings. The second-order valence-electron chi connectivity index (χ2n) is 5.54. The number of aryl methyl sites for hydroxylation is 2. The maximum atomic E-state index is 12.6. The Morgan fingerprint density at radius 3 is 2.71 bits per heavy atom. The fourth-order valence-electron chi connectivity index (χ4n) is 3.36. The number of rotatable bonds is 3. The molecule has 0 radical (unpaired) electrons. The zero-order chi connectivity index (χ0) is 13.4. The molecule has 0 bridgehead atoms. The normalized spacial score (nSPS) is 19.4. The summed E-state index contributed by atoms with van der Waals surface area (Å²) < 4.78 is 0. The molecule has 1 fully saturated rings. The highest BCUT2D eigenvalue weighted by molar-refractivity contribution is 6.01. The van der Waals surface area contributed by atoms with Crippen molar-refractivity contribution in [3.05, 3.63) is 34.4 Å². The first-order valence-corrected chi connectivity index (χ1v) is 7.43. The van der Waals surface area contributed by atoms with E-state index in [2.05, 4.69) is 36.2 Å². The molecule has 1 aromatic carbocycles. The molecule has 3 nitrogen and oxygen atoms in total. The number of hydrogen-bond donors (Lipinski definition) is 1. The van der Waals surface area contributed by atoms with Gasteiger partial charge < -0.3 is 10.2 Å². The van der Waals surface area contributed by atoms with Crippen molar-refractivity contribution >= 4 is 30.7 Å². The summed E-state index contributed by atoms with van der Waals surface area (Å²) in [5.74, 6) is 0.257. The van der Waals surface area contributed by atoms with Crippen LogP contribution in [-0.4, -0.2) is 30.4 Å². The van der Waals surface area contributed by atoms with Crippen molar-refractivity contribution in [1.29, 1.82) is 0 Å². The number of nitrogens with zero attached hydrogens (tertiary/aromatic N) is 1. The summed E-state index contributed by atoms with van der Waals surface area (Å²) in [5, 5.41) is 3.41. The predicted octanol–water partition coefficient (Wildman–Crippen LogP) is 3.15. The Morgan fingerprint density at radius 1 is 1.29 bits per heavy atom. The molecule has 1 saturated heterocycles. The number of benzene rings is 1. The van der Waals surface area contributed by atoms with Gasteiger partial charge >= 0.3 is 0 Å². The predicted molar refractivity (Wildman–Crippen MR) is 91.0 cm³/mol. The molecular weight excluding hydrogens is 307 g/mol. The first-order valence-electron chi connectivity index (χ1n) is 7.43. The van der Waals surface area contributed by atoms with Gasteiger partial charge in [0.1, 0.15) is 0 Å². The van der Waals surface area contributed by atoms with Gasteiger partial charge in [0.05, 0.1) is 6.04 Å². The van der Waals surface area contributed by atoms with Crippen molar-refractivity contribution in [2.45, 2.75) is 39.2 Å². The summed E-state index contributed by atoms with van der Waals surface area (Å²) in [6.07, 6.45) is 3.14. The van der Waals surface area contributed by atoms with E-state index in [0.717, 1.165) is 44.5 Å². The molecule has 0 saturated carbocycles. The van der Waals surface area contributed by atoms with E-state index in [4.69, 9.17) is 0 Å². The van der Waals surface area contributed by atoms with Gasteiger partial charge in [-0.25, -0.2) is 0 Å². The number of piperazine rings is 1. The molecule has 3 rings (SSSR count). The van der Waals surface area contributed by atoms with Crippen molar-refractivity contribution in [2.75, 3.05) is 19.6 Å². The van der Waals surface area contributed by atoms with Gasteiger partial charge in [-0.15, -0.1) is 24.8 Å². The summed E-state index contributed by atoms with van der Waals surface area (Å²) in [7, 11) is 0. The van der Waals surface area contributed by atoms with Gasteiger partial charge in [-0.3, -0.25) is 4.79 Å². The number of nitrogens with one attached hydrogen (secondary N) is 1. The van der Waals surface area contributed by atoms with E-state index < -0.39 is 0 Å². The Labute approximate surface area is 139 Å².